The molecule has 104 valence electrons. The van der Waals surface area contributed by atoms with Crippen molar-refractivity contribution in [3.05, 3.63) is 59.3 Å². The zero-order valence-electron chi connectivity index (χ0n) is 11.3. The number of nitrogens with two attached hydrogens (primary N) is 1. The summed E-state index contributed by atoms with van der Waals surface area (Å²) >= 11 is 0. The Morgan fingerprint density at radius 2 is 1.75 bits per heavy atom. The Bertz CT molecular complexity index is 610. The minimum Gasteiger partial charge on any atom is -0.478 e. The van der Waals surface area contributed by atoms with Crippen molar-refractivity contribution < 1.29 is 14.7 Å². The molecule has 0 atom stereocenters. The van der Waals surface area contributed by atoms with E-state index in [-0.39, 0.29) is 22.7 Å². The summed E-state index contributed by atoms with van der Waals surface area (Å²) < 4.78 is 0. The van der Waals surface area contributed by atoms with Crippen molar-refractivity contribution in [1.29, 1.82) is 0 Å². The predicted molar refractivity (Wildman–Crippen MR) is 76.8 cm³/mol. The van der Waals surface area contributed by atoms with Gasteiger partial charge in [-0.15, -0.1) is 0 Å². The topological polar surface area (TPSA) is 93.3 Å². The molecule has 0 unspecified atom stereocenters. The number of aryl methyl sites for hydroxylation is 1. The van der Waals surface area contributed by atoms with E-state index in [0.29, 0.717) is 0 Å². The first kappa shape index (κ1) is 15.4. The molecule has 2 rings (SSSR count). The van der Waals surface area contributed by atoms with Crippen molar-refractivity contribution in [1.82, 2.24) is 4.98 Å². The van der Waals surface area contributed by atoms with E-state index in [0.717, 1.165) is 0 Å². The number of rotatable bonds is 2. The number of carboxylic acids is 1. The average molecular weight is 272 g/mol. The van der Waals surface area contributed by atoms with Gasteiger partial charge in [0.25, 0.3) is 0 Å². The molecule has 0 amide bonds. The number of carbonyl (C=O) groups is 2. The summed E-state index contributed by atoms with van der Waals surface area (Å²) in [4.78, 5) is 25.2. The molecule has 0 bridgehead atoms. The Hall–Kier alpha value is -2.69. The standard InChI is InChI=1S/C8H8N2O3.C7H8/c1-4(11)5-2-3-10-7(9)6(5)8(12)13;1-7-5-3-2-4-6-7/h2-3H,1H3,(H2,9,10)(H,12,13);2-6H,1H3. The second-order valence-corrected chi connectivity index (χ2v) is 4.13. The van der Waals surface area contributed by atoms with Crippen molar-refractivity contribution >= 4 is 17.6 Å². The molecule has 0 aliphatic carbocycles. The molecule has 0 radical (unpaired) electrons. The molecule has 0 saturated carbocycles. The fourth-order valence-corrected chi connectivity index (χ4v) is 1.53. The van der Waals surface area contributed by atoms with Crippen LogP contribution < -0.4 is 5.73 Å². The number of carboxylic acid groups (broad SMARTS) is 1. The summed E-state index contributed by atoms with van der Waals surface area (Å²) in [6.07, 6.45) is 1.30. The highest BCUT2D eigenvalue weighted by atomic mass is 16.4. The summed E-state index contributed by atoms with van der Waals surface area (Å²) in [6, 6.07) is 11.6. The van der Waals surface area contributed by atoms with Gasteiger partial charge in [0, 0.05) is 11.8 Å². The number of Topliss-reactive ketones (excluding diaryl/α,β-unsaturated/α-hetero) is 1. The number of hydrogen-bond donors (Lipinski definition) is 2. The SMILES string of the molecule is CC(=O)c1ccnc(N)c1C(=O)O.Cc1ccccc1. The van der Waals surface area contributed by atoms with E-state index in [1.54, 1.807) is 0 Å². The molecule has 2 aromatic rings. The number of nitrogen functional groups attached to an aromatic ring is 1. The molecule has 1 heterocycles. The third-order valence-electron chi connectivity index (χ3n) is 2.51. The number of pyridine rings is 1. The van der Waals surface area contributed by atoms with Crippen LogP contribution in [0.1, 0.15) is 33.2 Å². The van der Waals surface area contributed by atoms with E-state index in [9.17, 15) is 9.59 Å². The lowest BCUT2D eigenvalue weighted by Crippen LogP contribution is -2.11. The molecule has 1 aromatic carbocycles. The van der Waals surface area contributed by atoms with Gasteiger partial charge in [-0.1, -0.05) is 35.9 Å². The van der Waals surface area contributed by atoms with Crippen molar-refractivity contribution in [3.63, 3.8) is 0 Å². The van der Waals surface area contributed by atoms with Crippen molar-refractivity contribution in [2.45, 2.75) is 13.8 Å². The maximum Gasteiger partial charge on any atom is 0.340 e. The van der Waals surface area contributed by atoms with Gasteiger partial charge in [0.1, 0.15) is 11.4 Å². The smallest absolute Gasteiger partial charge is 0.340 e. The van der Waals surface area contributed by atoms with E-state index >= 15 is 0 Å². The molecule has 0 fully saturated rings. The molecule has 0 aliphatic rings. The number of anilines is 1. The van der Waals surface area contributed by atoms with Gasteiger partial charge in [0.15, 0.2) is 5.78 Å². The van der Waals surface area contributed by atoms with Crippen LogP contribution in [0, 0.1) is 6.92 Å². The Kier molecular flexibility index (Phi) is 5.41. The first-order valence-corrected chi connectivity index (χ1v) is 5.94. The van der Waals surface area contributed by atoms with Gasteiger partial charge in [-0.2, -0.15) is 0 Å². The molecule has 0 saturated heterocycles. The molecule has 5 heteroatoms. The molecule has 0 aliphatic heterocycles. The summed E-state index contributed by atoms with van der Waals surface area (Å²) in [7, 11) is 0. The van der Waals surface area contributed by atoms with Crippen LogP contribution in [0.3, 0.4) is 0 Å². The maximum absolute atomic E-state index is 11.0. The summed E-state index contributed by atoms with van der Waals surface area (Å²) in [5.74, 6) is -1.72. The van der Waals surface area contributed by atoms with E-state index in [4.69, 9.17) is 10.8 Å². The first-order chi connectivity index (χ1) is 9.43. The maximum atomic E-state index is 11.0. The average Bonchev–Trinajstić information content (AvgIpc) is 2.39. The van der Waals surface area contributed by atoms with Crippen LogP contribution in [0.2, 0.25) is 0 Å². The lowest BCUT2D eigenvalue weighted by molar-refractivity contribution is 0.0693. The lowest BCUT2D eigenvalue weighted by atomic mass is 10.1. The minimum atomic E-state index is -1.24. The number of carbonyl (C=O) groups excluding carboxylic acids is 1. The van der Waals surface area contributed by atoms with Gasteiger partial charge in [-0.3, -0.25) is 4.79 Å². The van der Waals surface area contributed by atoms with Crippen molar-refractivity contribution in [2.24, 2.45) is 0 Å². The molecular formula is C15H16N2O3. The van der Waals surface area contributed by atoms with Gasteiger partial charge < -0.3 is 10.8 Å². The fraction of sp³-hybridized carbons (Fsp3) is 0.133. The second-order valence-electron chi connectivity index (χ2n) is 4.13. The molecular weight excluding hydrogens is 256 g/mol. The van der Waals surface area contributed by atoms with Crippen LogP contribution in [0.5, 0.6) is 0 Å². The highest BCUT2D eigenvalue weighted by Gasteiger charge is 2.17. The molecule has 1 aromatic heterocycles. The highest BCUT2D eigenvalue weighted by molar-refractivity contribution is 6.07. The highest BCUT2D eigenvalue weighted by Crippen LogP contribution is 2.14. The van der Waals surface area contributed by atoms with Crippen LogP contribution in [-0.2, 0) is 0 Å². The third-order valence-corrected chi connectivity index (χ3v) is 2.51. The molecule has 3 N–H and O–H groups in total. The molecule has 5 nitrogen and oxygen atoms in total. The van der Waals surface area contributed by atoms with Crippen molar-refractivity contribution in [2.75, 3.05) is 5.73 Å². The fourth-order valence-electron chi connectivity index (χ4n) is 1.53. The van der Waals surface area contributed by atoms with Gasteiger partial charge in [0.05, 0.1) is 0 Å². The predicted octanol–water partition coefficient (Wildman–Crippen LogP) is 2.56. The summed E-state index contributed by atoms with van der Waals surface area (Å²) in [5, 5.41) is 8.72. The zero-order valence-corrected chi connectivity index (χ0v) is 11.3. The van der Waals surface area contributed by atoms with Crippen LogP contribution >= 0.6 is 0 Å². The van der Waals surface area contributed by atoms with Crippen LogP contribution in [0.4, 0.5) is 5.82 Å². The minimum absolute atomic E-state index is 0.0833. The number of benzene rings is 1. The number of nitrogens with zero attached hydrogens (tertiary/aromatic N) is 1. The number of ketones is 1. The number of aromatic nitrogens is 1. The zero-order chi connectivity index (χ0) is 15.1. The van der Waals surface area contributed by atoms with Crippen LogP contribution in [0.25, 0.3) is 0 Å². The number of hydrogen-bond acceptors (Lipinski definition) is 4. The Morgan fingerprint density at radius 3 is 2.10 bits per heavy atom. The van der Waals surface area contributed by atoms with Crippen LogP contribution in [0.15, 0.2) is 42.6 Å². The van der Waals surface area contributed by atoms with E-state index < -0.39 is 5.97 Å². The molecule has 0 spiro atoms. The Balaban J connectivity index is 0.000000240. The summed E-state index contributed by atoms with van der Waals surface area (Å²) in [6.45, 7) is 3.36. The van der Waals surface area contributed by atoms with Gasteiger partial charge >= 0.3 is 5.97 Å². The Morgan fingerprint density at radius 1 is 1.15 bits per heavy atom. The summed E-state index contributed by atoms with van der Waals surface area (Å²) in [5.41, 5.74) is 6.49. The van der Waals surface area contributed by atoms with Crippen LogP contribution in [-0.4, -0.2) is 21.8 Å². The number of aromatic carboxylic acids is 1. The second kappa shape index (κ2) is 7.04. The third kappa shape index (κ3) is 4.20. The first-order valence-electron chi connectivity index (χ1n) is 5.94. The van der Waals surface area contributed by atoms with Gasteiger partial charge in [-0.05, 0) is 19.9 Å². The van der Waals surface area contributed by atoms with Crippen molar-refractivity contribution in [3.8, 4) is 0 Å². The normalized spacial score (nSPS) is 9.30. The monoisotopic (exact) mass is 272 g/mol. The van der Waals surface area contributed by atoms with E-state index in [1.165, 1.54) is 24.8 Å². The lowest BCUT2D eigenvalue weighted by Gasteiger charge is -2.03. The quantitative estimate of drug-likeness (QED) is 0.819. The Labute approximate surface area is 117 Å². The molecule has 20 heavy (non-hydrogen) atoms. The largest absolute Gasteiger partial charge is 0.478 e. The van der Waals surface area contributed by atoms with E-state index in [2.05, 4.69) is 24.0 Å². The van der Waals surface area contributed by atoms with Gasteiger partial charge in [-0.25, -0.2) is 9.78 Å². The van der Waals surface area contributed by atoms with Gasteiger partial charge in [0.2, 0.25) is 0 Å². The van der Waals surface area contributed by atoms with E-state index in [1.807, 2.05) is 18.2 Å².